The first kappa shape index (κ1) is 15.8. The van der Waals surface area contributed by atoms with Gasteiger partial charge < -0.3 is 9.90 Å². The maximum atomic E-state index is 12.0. The predicted octanol–water partition coefficient (Wildman–Crippen LogP) is 1.23. The molecule has 0 aliphatic carbocycles. The Hall–Kier alpha value is -0.663. The first-order chi connectivity index (χ1) is 5.93. The van der Waals surface area contributed by atoms with Crippen LogP contribution in [0.4, 0.5) is 22.0 Å². The molecule has 0 spiro atoms. The quantitative estimate of drug-likeness (QED) is 0.507. The van der Waals surface area contributed by atoms with Gasteiger partial charge in [0.15, 0.2) is 0 Å². The predicted molar refractivity (Wildman–Crippen MR) is 39.2 cm³/mol. The fourth-order valence-corrected chi connectivity index (χ4v) is 0.850. The SMILES string of the molecule is CC(=O)[O-].C[Si+](C)C(F)(F)C(F)(F)F. The van der Waals surface area contributed by atoms with E-state index in [0.29, 0.717) is 0 Å². The minimum absolute atomic E-state index is 0.929. The van der Waals surface area contributed by atoms with Gasteiger partial charge in [-0.2, -0.15) is 22.0 Å². The molecule has 0 amide bonds. The maximum Gasteiger partial charge on any atom is 0.485 e. The summed E-state index contributed by atoms with van der Waals surface area (Å²) in [6.07, 6.45) is -5.37. The number of carboxylic acids is 1. The second kappa shape index (κ2) is 5.28. The van der Waals surface area contributed by atoms with E-state index in [1.165, 1.54) is 0 Å². The third-order valence-electron chi connectivity index (χ3n) is 0.984. The summed E-state index contributed by atoms with van der Waals surface area (Å²) in [5, 5.41) is 8.89. The second-order valence-corrected chi connectivity index (χ2v) is 5.19. The fraction of sp³-hybridized carbons (Fsp3) is 0.833. The van der Waals surface area contributed by atoms with Crippen LogP contribution in [0.5, 0.6) is 0 Å². The van der Waals surface area contributed by atoms with Crippen LogP contribution in [0.1, 0.15) is 6.92 Å². The molecular formula is C6H9F5O2Si. The molecule has 84 valence electrons. The summed E-state index contributed by atoms with van der Waals surface area (Å²) in [6, 6.07) is 0. The van der Waals surface area contributed by atoms with Crippen molar-refractivity contribution < 1.29 is 31.9 Å². The van der Waals surface area contributed by atoms with Crippen molar-refractivity contribution >= 4 is 14.8 Å². The molecule has 0 unspecified atom stereocenters. The van der Waals surface area contributed by atoms with Gasteiger partial charge in [-0.3, -0.25) is 0 Å². The number of aliphatic carboxylic acids is 1. The van der Waals surface area contributed by atoms with Crippen LogP contribution in [0.3, 0.4) is 0 Å². The van der Waals surface area contributed by atoms with E-state index in [2.05, 4.69) is 0 Å². The van der Waals surface area contributed by atoms with Gasteiger partial charge in [-0.25, -0.2) is 0 Å². The van der Waals surface area contributed by atoms with Gasteiger partial charge >= 0.3 is 20.5 Å². The third-order valence-corrected chi connectivity index (χ3v) is 2.52. The largest absolute Gasteiger partial charge is 0.550 e. The molecular weight excluding hydrogens is 227 g/mol. The highest BCUT2D eigenvalue weighted by molar-refractivity contribution is 6.58. The number of carbonyl (C=O) groups is 1. The molecule has 0 aromatic rings. The van der Waals surface area contributed by atoms with E-state index in [-0.39, 0.29) is 0 Å². The van der Waals surface area contributed by atoms with Crippen LogP contribution in [0, 0.1) is 0 Å². The molecule has 0 aromatic carbocycles. The lowest BCUT2D eigenvalue weighted by Gasteiger charge is -2.12. The van der Waals surface area contributed by atoms with Crippen molar-refractivity contribution in [2.24, 2.45) is 0 Å². The first-order valence-electron chi connectivity index (χ1n) is 3.35. The van der Waals surface area contributed by atoms with Crippen LogP contribution in [0.2, 0.25) is 13.1 Å². The van der Waals surface area contributed by atoms with E-state index >= 15 is 0 Å². The van der Waals surface area contributed by atoms with Gasteiger partial charge in [-0.1, -0.05) is 0 Å². The van der Waals surface area contributed by atoms with Crippen molar-refractivity contribution in [3.63, 3.8) is 0 Å². The minimum atomic E-state index is -5.37. The highest BCUT2D eigenvalue weighted by Crippen LogP contribution is 2.37. The van der Waals surface area contributed by atoms with Crippen LogP contribution in [0.25, 0.3) is 0 Å². The fourth-order valence-electron chi connectivity index (χ4n) is 0.283. The van der Waals surface area contributed by atoms with Crippen LogP contribution in [0.15, 0.2) is 0 Å². The van der Waals surface area contributed by atoms with Gasteiger partial charge in [0.05, 0.1) is 13.1 Å². The number of alkyl halides is 5. The van der Waals surface area contributed by atoms with Gasteiger partial charge in [-0.05, 0) is 6.92 Å². The van der Waals surface area contributed by atoms with Gasteiger partial charge in [0.2, 0.25) is 0 Å². The van der Waals surface area contributed by atoms with Gasteiger partial charge in [0, 0.05) is 5.97 Å². The Morgan fingerprint density at radius 2 is 1.36 bits per heavy atom. The van der Waals surface area contributed by atoms with Crippen molar-refractivity contribution in [2.45, 2.75) is 31.7 Å². The maximum absolute atomic E-state index is 12.0. The Morgan fingerprint density at radius 3 is 1.36 bits per heavy atom. The van der Waals surface area contributed by atoms with Gasteiger partial charge in [-0.15, -0.1) is 0 Å². The van der Waals surface area contributed by atoms with Crippen molar-refractivity contribution in [1.82, 2.24) is 0 Å². The second-order valence-electron chi connectivity index (χ2n) is 2.56. The Labute approximate surface area is 79.3 Å². The minimum Gasteiger partial charge on any atom is -0.550 e. The highest BCUT2D eigenvalue weighted by Gasteiger charge is 2.69. The first-order valence-corrected chi connectivity index (χ1v) is 5.85. The Kier molecular flexibility index (Phi) is 5.95. The topological polar surface area (TPSA) is 40.1 Å². The normalized spacial score (nSPS) is 11.4. The molecule has 0 aliphatic heterocycles. The van der Waals surface area contributed by atoms with Gasteiger partial charge in [0.1, 0.15) is 0 Å². The number of hydrogen-bond donors (Lipinski definition) is 0. The standard InChI is InChI=1S/C4H6F5Si.C2H4O2/c1-10(2)4(8,9)3(5,6)7;1-2(3)4/h1-2H3;1H3,(H,3,4)/q+1;/p-1. The molecule has 8 heteroatoms. The summed E-state index contributed by atoms with van der Waals surface area (Å²) in [4.78, 5) is 8.89. The van der Waals surface area contributed by atoms with Crippen molar-refractivity contribution in [1.29, 1.82) is 0 Å². The highest BCUT2D eigenvalue weighted by atomic mass is 28.3. The number of rotatable bonds is 1. The molecule has 0 fully saturated rings. The summed E-state index contributed by atoms with van der Waals surface area (Å²) in [5.41, 5.74) is -4.46. The van der Waals surface area contributed by atoms with Crippen LogP contribution >= 0.6 is 0 Å². The number of hydrogen-bond acceptors (Lipinski definition) is 2. The molecule has 0 rings (SSSR count). The number of carboxylic acid groups (broad SMARTS) is 1. The van der Waals surface area contributed by atoms with E-state index < -0.39 is 26.5 Å². The molecule has 0 atom stereocenters. The van der Waals surface area contributed by atoms with Gasteiger partial charge in [0.25, 0.3) is 0 Å². The molecule has 14 heavy (non-hydrogen) atoms. The molecule has 0 aromatic heterocycles. The lowest BCUT2D eigenvalue weighted by molar-refractivity contribution is -0.302. The summed E-state index contributed by atoms with van der Waals surface area (Å²) >= 11 is 0. The monoisotopic (exact) mass is 236 g/mol. The number of halogens is 5. The van der Waals surface area contributed by atoms with E-state index in [9.17, 15) is 22.0 Å². The molecule has 0 saturated heterocycles. The van der Waals surface area contributed by atoms with Crippen molar-refractivity contribution in [3.8, 4) is 0 Å². The Morgan fingerprint density at radius 1 is 1.14 bits per heavy atom. The van der Waals surface area contributed by atoms with Crippen molar-refractivity contribution in [3.05, 3.63) is 0 Å². The summed E-state index contributed by atoms with van der Waals surface area (Å²) in [6.45, 7) is 2.83. The molecule has 0 bridgehead atoms. The van der Waals surface area contributed by atoms with E-state index in [1.807, 2.05) is 0 Å². The smallest absolute Gasteiger partial charge is 0.485 e. The molecule has 0 N–H and O–H groups in total. The van der Waals surface area contributed by atoms with Crippen LogP contribution < -0.4 is 5.11 Å². The Bertz CT molecular complexity index is 185. The molecule has 2 nitrogen and oxygen atoms in total. The van der Waals surface area contributed by atoms with Crippen LogP contribution in [-0.4, -0.2) is 26.5 Å². The lowest BCUT2D eigenvalue weighted by Crippen LogP contribution is -2.46. The van der Waals surface area contributed by atoms with E-state index in [4.69, 9.17) is 9.90 Å². The third kappa shape index (κ3) is 5.89. The average Bonchev–Trinajstić information content (AvgIpc) is 1.82. The summed E-state index contributed by atoms with van der Waals surface area (Å²) < 4.78 is 58.0. The molecule has 0 radical (unpaired) electrons. The molecule has 0 aliphatic rings. The zero-order chi connectivity index (χ0) is 12.2. The number of carbonyl (C=O) groups excluding carboxylic acids is 1. The van der Waals surface area contributed by atoms with Crippen LogP contribution in [-0.2, 0) is 4.79 Å². The van der Waals surface area contributed by atoms with E-state index in [0.717, 1.165) is 20.0 Å². The zero-order valence-electron chi connectivity index (χ0n) is 7.71. The summed E-state index contributed by atoms with van der Waals surface area (Å²) in [7, 11) is -2.63. The Balaban J connectivity index is 0. The molecule has 0 heterocycles. The van der Waals surface area contributed by atoms with Crippen molar-refractivity contribution in [2.75, 3.05) is 0 Å². The molecule has 0 saturated carbocycles. The van der Waals surface area contributed by atoms with E-state index in [1.54, 1.807) is 0 Å². The lowest BCUT2D eigenvalue weighted by atomic mass is 10.7. The zero-order valence-corrected chi connectivity index (χ0v) is 8.71. The average molecular weight is 236 g/mol. The summed E-state index contributed by atoms with van der Waals surface area (Å²) in [5.74, 6) is -1.08.